The van der Waals surface area contributed by atoms with E-state index in [0.29, 0.717) is 12.5 Å². The van der Waals surface area contributed by atoms with Crippen molar-refractivity contribution >= 4 is 45.8 Å². The van der Waals surface area contributed by atoms with E-state index < -0.39 is 22.7 Å². The quantitative estimate of drug-likeness (QED) is 0.594. The Balaban J connectivity index is 1.44. The molecule has 31 heavy (non-hydrogen) atoms. The number of benzene rings is 2. The maximum absolute atomic E-state index is 14.4. The number of carbonyl (C=O) groups is 1. The number of hydrogen-bond acceptors (Lipinski definition) is 4. The average Bonchev–Trinajstić information content (AvgIpc) is 3.44. The summed E-state index contributed by atoms with van der Waals surface area (Å²) in [6.45, 7) is 1.22. The van der Waals surface area contributed by atoms with Gasteiger partial charge in [-0.3, -0.25) is 9.52 Å². The second-order valence-electron chi connectivity index (χ2n) is 7.93. The Morgan fingerprint density at radius 2 is 2.00 bits per heavy atom. The Labute approximate surface area is 193 Å². The summed E-state index contributed by atoms with van der Waals surface area (Å²) < 4.78 is 33.5. The molecule has 1 aliphatic carbocycles. The minimum Gasteiger partial charge on any atom is -0.490 e. The van der Waals surface area contributed by atoms with Crippen LogP contribution in [-0.2, 0) is 11.0 Å². The van der Waals surface area contributed by atoms with Crippen molar-refractivity contribution in [1.82, 2.24) is 4.72 Å². The zero-order valence-electron chi connectivity index (χ0n) is 17.0. The van der Waals surface area contributed by atoms with E-state index in [9.17, 15) is 13.4 Å². The summed E-state index contributed by atoms with van der Waals surface area (Å²) >= 11 is 12.7. The van der Waals surface area contributed by atoms with Crippen LogP contribution in [0.5, 0.6) is 5.75 Å². The highest BCUT2D eigenvalue weighted by Crippen LogP contribution is 2.44. The summed E-state index contributed by atoms with van der Waals surface area (Å²) in [6, 6.07) is 8.63. The van der Waals surface area contributed by atoms with E-state index in [0.717, 1.165) is 36.2 Å². The highest BCUT2D eigenvalue weighted by atomic mass is 35.5. The SMILES string of the molecule is CS(=O)NC(=O)c1cc(Cl)c(OC[C@H]2CCCN2c2ccc(C3CC3)c(Cl)c2)cc1F. The van der Waals surface area contributed by atoms with Gasteiger partial charge in [0.1, 0.15) is 29.2 Å². The Kier molecular flexibility index (Phi) is 6.74. The summed E-state index contributed by atoms with van der Waals surface area (Å²) in [5.74, 6) is -0.811. The average molecular weight is 485 g/mol. The van der Waals surface area contributed by atoms with Crippen molar-refractivity contribution in [2.45, 2.75) is 37.6 Å². The lowest BCUT2D eigenvalue weighted by atomic mass is 10.1. The molecule has 1 aliphatic heterocycles. The van der Waals surface area contributed by atoms with E-state index in [1.54, 1.807) is 0 Å². The largest absolute Gasteiger partial charge is 0.490 e. The van der Waals surface area contributed by atoms with Gasteiger partial charge in [0.2, 0.25) is 0 Å². The van der Waals surface area contributed by atoms with Crippen molar-refractivity contribution in [3.05, 3.63) is 57.3 Å². The second-order valence-corrected chi connectivity index (χ2v) is 9.86. The van der Waals surface area contributed by atoms with E-state index in [-0.39, 0.29) is 22.4 Å². The predicted octanol–water partition coefficient (Wildman–Crippen LogP) is 5.08. The fourth-order valence-corrected chi connectivity index (χ4v) is 4.87. The fraction of sp³-hybridized carbons (Fsp3) is 0.409. The minimum atomic E-state index is -1.60. The van der Waals surface area contributed by atoms with Gasteiger partial charge < -0.3 is 9.64 Å². The first-order chi connectivity index (χ1) is 14.8. The molecule has 1 N–H and O–H groups in total. The maximum atomic E-state index is 14.4. The minimum absolute atomic E-state index is 0.104. The number of carbonyl (C=O) groups excluding carboxylic acids is 1. The first-order valence-corrected chi connectivity index (χ1v) is 12.5. The third-order valence-corrected chi connectivity index (χ3v) is 6.74. The molecular weight excluding hydrogens is 462 g/mol. The molecule has 1 unspecified atom stereocenters. The number of nitrogens with zero attached hydrogens (tertiary/aromatic N) is 1. The summed E-state index contributed by atoms with van der Waals surface area (Å²) in [7, 11) is -1.60. The van der Waals surface area contributed by atoms with Crippen LogP contribution in [0.25, 0.3) is 0 Å². The van der Waals surface area contributed by atoms with Gasteiger partial charge in [0.25, 0.3) is 5.91 Å². The smallest absolute Gasteiger partial charge is 0.265 e. The van der Waals surface area contributed by atoms with Crippen LogP contribution in [0, 0.1) is 5.82 Å². The Morgan fingerprint density at radius 3 is 2.68 bits per heavy atom. The number of nitrogens with one attached hydrogen (secondary N) is 1. The molecule has 0 aromatic heterocycles. The highest BCUT2D eigenvalue weighted by Gasteiger charge is 2.29. The summed E-state index contributed by atoms with van der Waals surface area (Å²) in [5.41, 5.74) is 1.99. The van der Waals surface area contributed by atoms with Gasteiger partial charge in [-0.25, -0.2) is 8.60 Å². The van der Waals surface area contributed by atoms with E-state index >= 15 is 0 Å². The Hall–Kier alpha value is -1.83. The number of halogens is 3. The normalized spacial score (nSPS) is 19.4. The molecule has 1 saturated heterocycles. The zero-order chi connectivity index (χ0) is 22.1. The van der Waals surface area contributed by atoms with Gasteiger partial charge in [-0.1, -0.05) is 29.3 Å². The van der Waals surface area contributed by atoms with Crippen molar-refractivity contribution < 1.29 is 18.1 Å². The second kappa shape index (κ2) is 9.35. The first kappa shape index (κ1) is 22.4. The van der Waals surface area contributed by atoms with E-state index in [4.69, 9.17) is 27.9 Å². The molecule has 4 rings (SSSR count). The third-order valence-electron chi connectivity index (χ3n) is 5.64. The van der Waals surface area contributed by atoms with Crippen LogP contribution in [0.15, 0.2) is 30.3 Å². The van der Waals surface area contributed by atoms with Crippen LogP contribution < -0.4 is 14.4 Å². The number of amides is 1. The molecule has 2 aliphatic rings. The van der Waals surface area contributed by atoms with Crippen LogP contribution in [0.4, 0.5) is 10.1 Å². The number of rotatable bonds is 7. The Morgan fingerprint density at radius 1 is 1.23 bits per heavy atom. The molecule has 0 spiro atoms. The Bertz CT molecular complexity index is 1030. The first-order valence-electron chi connectivity index (χ1n) is 10.2. The van der Waals surface area contributed by atoms with Gasteiger partial charge in [-0.05, 0) is 55.4 Å². The molecule has 0 bridgehead atoms. The van der Waals surface area contributed by atoms with E-state index in [1.165, 1.54) is 30.7 Å². The molecule has 166 valence electrons. The molecule has 9 heteroatoms. The monoisotopic (exact) mass is 484 g/mol. The molecule has 2 fully saturated rings. The van der Waals surface area contributed by atoms with Crippen LogP contribution in [0.2, 0.25) is 10.0 Å². The summed E-state index contributed by atoms with van der Waals surface area (Å²) in [5, 5.41) is 0.924. The van der Waals surface area contributed by atoms with Crippen LogP contribution in [0.1, 0.15) is 47.5 Å². The van der Waals surface area contributed by atoms with Crippen LogP contribution in [0.3, 0.4) is 0 Å². The predicted molar refractivity (Wildman–Crippen MR) is 122 cm³/mol. The van der Waals surface area contributed by atoms with E-state index in [1.807, 2.05) is 6.07 Å². The standard InChI is InChI=1S/C22H23Cl2FN2O3S/c1-31(29)26-22(28)17-10-19(24)21(11-20(17)25)30-12-15-3-2-8-27(15)14-6-7-16(13-4-5-13)18(23)9-14/h6-7,9-11,13,15H,2-5,8,12H2,1H3,(H,26,28)/t15-,31?/m1/s1. The lowest BCUT2D eigenvalue weighted by molar-refractivity contribution is 0.0979. The van der Waals surface area contributed by atoms with Crippen molar-refractivity contribution in [2.24, 2.45) is 0 Å². The third kappa shape index (κ3) is 5.16. The molecule has 2 atom stereocenters. The van der Waals surface area contributed by atoms with E-state index in [2.05, 4.69) is 21.8 Å². The maximum Gasteiger partial charge on any atom is 0.265 e. The molecule has 0 radical (unpaired) electrons. The van der Waals surface area contributed by atoms with Gasteiger partial charge in [0.15, 0.2) is 0 Å². The van der Waals surface area contributed by atoms with Crippen molar-refractivity contribution in [3.63, 3.8) is 0 Å². The van der Waals surface area contributed by atoms with Crippen molar-refractivity contribution in [3.8, 4) is 5.75 Å². The highest BCUT2D eigenvalue weighted by molar-refractivity contribution is 7.82. The molecule has 1 heterocycles. The zero-order valence-corrected chi connectivity index (χ0v) is 19.3. The number of ether oxygens (including phenoxy) is 1. The lowest BCUT2D eigenvalue weighted by Crippen LogP contribution is -2.34. The summed E-state index contributed by atoms with van der Waals surface area (Å²) in [6.07, 6.45) is 5.64. The van der Waals surface area contributed by atoms with Gasteiger partial charge in [-0.2, -0.15) is 0 Å². The number of anilines is 1. The fourth-order valence-electron chi connectivity index (χ4n) is 3.95. The van der Waals surface area contributed by atoms with Gasteiger partial charge in [-0.15, -0.1) is 0 Å². The lowest BCUT2D eigenvalue weighted by Gasteiger charge is -2.27. The molecule has 1 saturated carbocycles. The van der Waals surface area contributed by atoms with Gasteiger partial charge in [0.05, 0.1) is 16.6 Å². The summed E-state index contributed by atoms with van der Waals surface area (Å²) in [4.78, 5) is 14.2. The van der Waals surface area contributed by atoms with Crippen molar-refractivity contribution in [2.75, 3.05) is 24.3 Å². The molecule has 2 aromatic carbocycles. The van der Waals surface area contributed by atoms with Crippen molar-refractivity contribution in [1.29, 1.82) is 0 Å². The topological polar surface area (TPSA) is 58.6 Å². The van der Waals surface area contributed by atoms with Gasteiger partial charge >= 0.3 is 0 Å². The molecular formula is C22H23Cl2FN2O3S. The number of hydrogen-bond donors (Lipinski definition) is 1. The van der Waals surface area contributed by atoms with Crippen LogP contribution in [-0.4, -0.2) is 35.6 Å². The molecule has 1 amide bonds. The van der Waals surface area contributed by atoms with Crippen LogP contribution >= 0.6 is 23.2 Å². The van der Waals surface area contributed by atoms with Gasteiger partial charge in [0, 0.05) is 29.6 Å². The molecule has 2 aromatic rings. The molecule has 5 nitrogen and oxygen atoms in total.